The molecule has 0 aliphatic rings. The first-order valence-electron chi connectivity index (χ1n) is 14.6. The first-order valence-corrected chi connectivity index (χ1v) is 14.6. The Balaban J connectivity index is 1.49. The van der Waals surface area contributed by atoms with E-state index in [1.807, 2.05) is 24.3 Å². The number of nitrogens with two attached hydrogens (primary N) is 1. The largest absolute Gasteiger partial charge is 0.508 e. The summed E-state index contributed by atoms with van der Waals surface area (Å²) in [6.07, 6.45) is 0.303. The van der Waals surface area contributed by atoms with Crippen molar-refractivity contribution in [3.63, 3.8) is 0 Å². The van der Waals surface area contributed by atoms with Crippen molar-refractivity contribution < 1.29 is 39.6 Å². The van der Waals surface area contributed by atoms with E-state index in [9.17, 15) is 39.6 Å². The van der Waals surface area contributed by atoms with Gasteiger partial charge in [-0.3, -0.25) is 14.4 Å². The lowest BCUT2D eigenvalue weighted by Crippen LogP contribution is -2.60. The first-order chi connectivity index (χ1) is 21.9. The van der Waals surface area contributed by atoms with Crippen LogP contribution in [0.25, 0.3) is 10.9 Å². The molecule has 46 heavy (non-hydrogen) atoms. The summed E-state index contributed by atoms with van der Waals surface area (Å²) in [6.45, 7) is 1.25. The van der Waals surface area contributed by atoms with Gasteiger partial charge in [0.05, 0.1) is 12.1 Å². The third-order valence-corrected chi connectivity index (χ3v) is 7.51. The molecule has 3 amide bonds. The highest BCUT2D eigenvalue weighted by Gasteiger charge is 2.33. The molecule has 13 heteroatoms. The number of phenols is 2. The van der Waals surface area contributed by atoms with Crippen molar-refractivity contribution in [2.45, 2.75) is 56.5 Å². The van der Waals surface area contributed by atoms with Gasteiger partial charge in [0.15, 0.2) is 0 Å². The zero-order chi connectivity index (χ0) is 33.4. The predicted octanol–water partition coefficient (Wildman–Crippen LogP) is 0.854. The van der Waals surface area contributed by atoms with E-state index in [1.165, 1.54) is 43.3 Å². The number of carbonyl (C=O) groups excluding carboxylic acids is 3. The lowest BCUT2D eigenvalue weighted by Gasteiger charge is -2.26. The van der Waals surface area contributed by atoms with Crippen LogP contribution in [0, 0.1) is 0 Å². The van der Waals surface area contributed by atoms with E-state index >= 15 is 0 Å². The number of phenolic OH excluding ortho intramolecular Hbond substituents is 2. The number of hydrogen-bond donors (Lipinski definition) is 9. The number of benzene rings is 3. The highest BCUT2D eigenvalue weighted by molar-refractivity contribution is 5.95. The molecule has 13 nitrogen and oxygen atoms in total. The third kappa shape index (κ3) is 8.83. The topological polar surface area (TPSA) is 227 Å². The monoisotopic (exact) mass is 631 g/mol. The molecule has 4 rings (SSSR count). The molecule has 0 spiro atoms. The molecule has 5 unspecified atom stereocenters. The van der Waals surface area contributed by atoms with Crippen LogP contribution < -0.4 is 21.7 Å². The summed E-state index contributed by atoms with van der Waals surface area (Å²) in [5.41, 5.74) is 9.03. The fourth-order valence-corrected chi connectivity index (χ4v) is 4.97. The number of carbonyl (C=O) groups is 4. The fourth-order valence-electron chi connectivity index (χ4n) is 4.97. The van der Waals surface area contributed by atoms with Gasteiger partial charge in [-0.1, -0.05) is 42.5 Å². The summed E-state index contributed by atoms with van der Waals surface area (Å²) in [7, 11) is 0. The molecule has 5 atom stereocenters. The lowest BCUT2D eigenvalue weighted by atomic mass is 10.0. The second-order valence-electron chi connectivity index (χ2n) is 11.1. The number of carboxylic acid groups (broad SMARTS) is 1. The Morgan fingerprint density at radius 1 is 0.739 bits per heavy atom. The summed E-state index contributed by atoms with van der Waals surface area (Å²) < 4.78 is 0. The summed E-state index contributed by atoms with van der Waals surface area (Å²) in [5.74, 6) is -3.78. The quantitative estimate of drug-likeness (QED) is 0.0960. The molecule has 3 aromatic carbocycles. The van der Waals surface area contributed by atoms with E-state index in [1.54, 1.807) is 18.3 Å². The molecule has 1 heterocycles. The molecule has 0 bridgehead atoms. The van der Waals surface area contributed by atoms with Gasteiger partial charge in [-0.2, -0.15) is 0 Å². The van der Waals surface area contributed by atoms with Gasteiger partial charge in [-0.25, -0.2) is 4.79 Å². The van der Waals surface area contributed by atoms with Gasteiger partial charge in [0.25, 0.3) is 0 Å². The van der Waals surface area contributed by atoms with Gasteiger partial charge in [0, 0.05) is 29.9 Å². The number of aliphatic hydroxyl groups excluding tert-OH is 1. The molecule has 4 aromatic rings. The van der Waals surface area contributed by atoms with Crippen LogP contribution in [0.5, 0.6) is 11.5 Å². The third-order valence-electron chi connectivity index (χ3n) is 7.51. The minimum atomic E-state index is -1.58. The van der Waals surface area contributed by atoms with E-state index in [2.05, 4.69) is 20.9 Å². The summed E-state index contributed by atoms with van der Waals surface area (Å²) in [4.78, 5) is 55.1. The highest BCUT2D eigenvalue weighted by Crippen LogP contribution is 2.19. The van der Waals surface area contributed by atoms with E-state index in [0.29, 0.717) is 11.1 Å². The number of aliphatic carboxylic acids is 1. The minimum absolute atomic E-state index is 0.000618. The van der Waals surface area contributed by atoms with Crippen LogP contribution in [0.4, 0.5) is 0 Å². The molecule has 0 fully saturated rings. The second kappa shape index (κ2) is 15.1. The fraction of sp³-hybridized carbons (Fsp3) is 0.273. The standard InChI is InChI=1S/C33H37N5O8/c1-18(39)29(32(44)37-28(33(45)46)15-20-8-12-23(41)13-9-20)38-31(43)27(14-19-6-10-22(40)11-7-19)36-30(42)25(34)16-21-17-35-26-5-3-2-4-24(21)26/h2-13,17-18,25,27-29,35,39-41H,14-16,34H2,1H3,(H,36,42)(H,37,44)(H,38,43)(H,45,46). The normalized spacial score (nSPS) is 14.4. The number of amides is 3. The zero-order valence-corrected chi connectivity index (χ0v) is 25.0. The Morgan fingerprint density at radius 2 is 1.28 bits per heavy atom. The number of aliphatic hydroxyl groups is 1. The minimum Gasteiger partial charge on any atom is -0.508 e. The van der Waals surface area contributed by atoms with E-state index in [0.717, 1.165) is 16.5 Å². The Labute approximate surface area is 264 Å². The van der Waals surface area contributed by atoms with Crippen molar-refractivity contribution >= 4 is 34.6 Å². The van der Waals surface area contributed by atoms with Crippen LogP contribution >= 0.6 is 0 Å². The van der Waals surface area contributed by atoms with Crippen molar-refractivity contribution in [1.29, 1.82) is 0 Å². The number of fused-ring (bicyclic) bond motifs is 1. The Morgan fingerprint density at radius 3 is 1.85 bits per heavy atom. The number of para-hydroxylation sites is 1. The van der Waals surface area contributed by atoms with Gasteiger partial charge in [-0.05, 0) is 60.4 Å². The molecule has 242 valence electrons. The predicted molar refractivity (Wildman–Crippen MR) is 169 cm³/mol. The summed E-state index contributed by atoms with van der Waals surface area (Å²) in [5, 5.41) is 47.6. The van der Waals surface area contributed by atoms with Crippen LogP contribution in [0.15, 0.2) is 79.0 Å². The van der Waals surface area contributed by atoms with Gasteiger partial charge in [-0.15, -0.1) is 0 Å². The first kappa shape index (κ1) is 33.5. The Hall–Kier alpha value is -5.40. The van der Waals surface area contributed by atoms with Gasteiger partial charge >= 0.3 is 5.97 Å². The smallest absolute Gasteiger partial charge is 0.326 e. The summed E-state index contributed by atoms with van der Waals surface area (Å²) >= 11 is 0. The van der Waals surface area contributed by atoms with Crippen molar-refractivity contribution in [3.8, 4) is 11.5 Å². The maximum Gasteiger partial charge on any atom is 0.326 e. The lowest BCUT2D eigenvalue weighted by molar-refractivity contribution is -0.143. The van der Waals surface area contributed by atoms with Crippen molar-refractivity contribution in [2.75, 3.05) is 0 Å². The molecule has 0 aliphatic heterocycles. The number of aromatic hydroxyl groups is 2. The van der Waals surface area contributed by atoms with Crippen molar-refractivity contribution in [3.05, 3.63) is 95.7 Å². The molecule has 1 aromatic heterocycles. The van der Waals surface area contributed by atoms with Crippen LogP contribution in [0.3, 0.4) is 0 Å². The van der Waals surface area contributed by atoms with Crippen molar-refractivity contribution in [2.24, 2.45) is 5.73 Å². The van der Waals surface area contributed by atoms with Crippen molar-refractivity contribution in [1.82, 2.24) is 20.9 Å². The molecular weight excluding hydrogens is 594 g/mol. The SMILES string of the molecule is CC(O)C(NC(=O)C(Cc1ccc(O)cc1)NC(=O)C(N)Cc1c[nH]c2ccccc12)C(=O)NC(Cc1ccc(O)cc1)C(=O)O. The average molecular weight is 632 g/mol. The van der Waals surface area contributed by atoms with Gasteiger partial charge in [0.2, 0.25) is 17.7 Å². The van der Waals surface area contributed by atoms with Crippen LogP contribution in [-0.2, 0) is 38.4 Å². The highest BCUT2D eigenvalue weighted by atomic mass is 16.4. The molecule has 0 saturated heterocycles. The number of carboxylic acids is 1. The Kier molecular flexibility index (Phi) is 11.0. The number of hydrogen-bond acceptors (Lipinski definition) is 8. The number of rotatable bonds is 14. The zero-order valence-electron chi connectivity index (χ0n) is 25.0. The molecule has 0 saturated carbocycles. The number of aromatic nitrogens is 1. The van der Waals surface area contributed by atoms with Crippen LogP contribution in [-0.4, -0.2) is 79.4 Å². The van der Waals surface area contributed by atoms with Crippen LogP contribution in [0.2, 0.25) is 0 Å². The number of aromatic amines is 1. The van der Waals surface area contributed by atoms with E-state index in [-0.39, 0.29) is 30.8 Å². The van der Waals surface area contributed by atoms with E-state index < -0.39 is 54.0 Å². The molecule has 0 aliphatic carbocycles. The molecule has 0 radical (unpaired) electrons. The maximum atomic E-state index is 13.6. The van der Waals surface area contributed by atoms with Crippen LogP contribution in [0.1, 0.15) is 23.6 Å². The maximum absolute atomic E-state index is 13.6. The molecule has 10 N–H and O–H groups in total. The summed E-state index contributed by atoms with van der Waals surface area (Å²) in [6, 6.07) is 14.0. The number of nitrogens with one attached hydrogen (secondary N) is 4. The van der Waals surface area contributed by atoms with E-state index in [4.69, 9.17) is 5.73 Å². The Bertz CT molecular complexity index is 1670. The second-order valence-corrected chi connectivity index (χ2v) is 11.1. The molecular formula is C33H37N5O8. The average Bonchev–Trinajstić information content (AvgIpc) is 3.43. The van der Waals surface area contributed by atoms with Gasteiger partial charge < -0.3 is 47.1 Å². The number of H-pyrrole nitrogens is 1. The van der Waals surface area contributed by atoms with Gasteiger partial charge in [0.1, 0.15) is 29.6 Å².